The van der Waals surface area contributed by atoms with Crippen LogP contribution in [0.1, 0.15) is 54.9 Å². The highest BCUT2D eigenvalue weighted by Gasteiger charge is 2.45. The van der Waals surface area contributed by atoms with Crippen LogP contribution in [-0.2, 0) is 5.72 Å². The summed E-state index contributed by atoms with van der Waals surface area (Å²) < 4.78 is 5.15. The lowest BCUT2D eigenvalue weighted by Gasteiger charge is -2.31. The van der Waals surface area contributed by atoms with Gasteiger partial charge in [-0.25, -0.2) is 0 Å². The van der Waals surface area contributed by atoms with Crippen molar-refractivity contribution < 1.29 is 14.6 Å². The number of aliphatic hydroxyl groups is 1. The van der Waals surface area contributed by atoms with Crippen LogP contribution in [0.4, 0.5) is 0 Å². The number of methoxy groups -OCH3 is 1. The highest BCUT2D eigenvalue weighted by molar-refractivity contribution is 5.98. The van der Waals surface area contributed by atoms with Crippen molar-refractivity contribution in [2.75, 3.05) is 7.11 Å². The zero-order chi connectivity index (χ0) is 19.3. The third kappa shape index (κ3) is 4.03. The molecule has 1 aliphatic heterocycles. The van der Waals surface area contributed by atoms with Crippen molar-refractivity contribution in [1.29, 1.82) is 0 Å². The zero-order valence-corrected chi connectivity index (χ0v) is 15.9. The Morgan fingerprint density at radius 1 is 1.15 bits per heavy atom. The molecule has 3 rings (SSSR count). The van der Waals surface area contributed by atoms with Gasteiger partial charge in [-0.05, 0) is 37.1 Å². The zero-order valence-electron chi connectivity index (χ0n) is 15.9. The lowest BCUT2D eigenvalue weighted by atomic mass is 9.95. The predicted octanol–water partition coefficient (Wildman–Crippen LogP) is 4.32. The van der Waals surface area contributed by atoms with E-state index in [4.69, 9.17) is 4.74 Å². The maximum Gasteiger partial charge on any atom is 0.276 e. The molecular formula is C22H26N2O3. The van der Waals surface area contributed by atoms with Crippen molar-refractivity contribution in [3.63, 3.8) is 0 Å². The second kappa shape index (κ2) is 8.35. The Morgan fingerprint density at radius 3 is 2.48 bits per heavy atom. The maximum absolute atomic E-state index is 13.1. The van der Waals surface area contributed by atoms with E-state index in [0.29, 0.717) is 23.3 Å². The number of hydrazone groups is 1. The molecule has 0 aliphatic carbocycles. The van der Waals surface area contributed by atoms with Gasteiger partial charge in [-0.1, -0.05) is 50.1 Å². The number of hydrogen-bond acceptors (Lipinski definition) is 4. The minimum absolute atomic E-state index is 0.325. The van der Waals surface area contributed by atoms with E-state index in [1.54, 1.807) is 31.4 Å². The van der Waals surface area contributed by atoms with E-state index < -0.39 is 5.72 Å². The molecule has 1 N–H and O–H groups in total. The standard InChI is InChI=1S/C22H26N2O3/c1-3-4-6-11-19-16-22(26,18-9-7-5-8-10-18)24(23-19)21(25)17-12-14-20(27-2)15-13-17/h5,7-10,12-15,26H,3-4,6,11,16H2,1-2H3. The first-order chi connectivity index (χ1) is 13.1. The molecule has 0 bridgehead atoms. The molecule has 0 fully saturated rings. The summed E-state index contributed by atoms with van der Waals surface area (Å²) in [6.45, 7) is 2.15. The van der Waals surface area contributed by atoms with E-state index >= 15 is 0 Å². The van der Waals surface area contributed by atoms with Crippen LogP contribution in [0.2, 0.25) is 0 Å². The quantitative estimate of drug-likeness (QED) is 0.742. The first kappa shape index (κ1) is 19.1. The molecule has 2 aromatic rings. The van der Waals surface area contributed by atoms with E-state index in [1.165, 1.54) is 5.01 Å². The molecule has 27 heavy (non-hydrogen) atoms. The van der Waals surface area contributed by atoms with Gasteiger partial charge in [-0.15, -0.1) is 0 Å². The molecule has 0 aromatic heterocycles. The number of carbonyl (C=O) groups is 1. The van der Waals surface area contributed by atoms with Gasteiger partial charge in [0.1, 0.15) is 5.75 Å². The fourth-order valence-electron chi connectivity index (χ4n) is 3.34. The topological polar surface area (TPSA) is 62.1 Å². The summed E-state index contributed by atoms with van der Waals surface area (Å²) in [7, 11) is 1.58. The largest absolute Gasteiger partial charge is 0.497 e. The molecule has 0 saturated carbocycles. The minimum atomic E-state index is -1.46. The van der Waals surface area contributed by atoms with Gasteiger partial charge in [0, 0.05) is 23.3 Å². The molecule has 1 amide bonds. The molecule has 0 saturated heterocycles. The van der Waals surface area contributed by atoms with Gasteiger partial charge in [0.05, 0.1) is 7.11 Å². The van der Waals surface area contributed by atoms with Crippen molar-refractivity contribution in [3.05, 3.63) is 65.7 Å². The molecular weight excluding hydrogens is 340 g/mol. The van der Waals surface area contributed by atoms with Crippen molar-refractivity contribution in [2.24, 2.45) is 5.10 Å². The molecule has 0 radical (unpaired) electrons. The van der Waals surface area contributed by atoms with Gasteiger partial charge in [0.2, 0.25) is 0 Å². The van der Waals surface area contributed by atoms with Gasteiger partial charge < -0.3 is 9.84 Å². The number of benzene rings is 2. The average Bonchev–Trinajstić information content (AvgIpc) is 3.06. The van der Waals surface area contributed by atoms with E-state index in [2.05, 4.69) is 12.0 Å². The van der Waals surface area contributed by atoms with Gasteiger partial charge in [0.25, 0.3) is 5.91 Å². The third-order valence-electron chi connectivity index (χ3n) is 4.88. The van der Waals surface area contributed by atoms with Crippen LogP contribution in [0, 0.1) is 0 Å². The molecule has 1 unspecified atom stereocenters. The predicted molar refractivity (Wildman–Crippen MR) is 106 cm³/mol. The molecule has 5 heteroatoms. The van der Waals surface area contributed by atoms with Gasteiger partial charge in [0.15, 0.2) is 5.72 Å². The second-order valence-electron chi connectivity index (χ2n) is 6.83. The number of amides is 1. The molecule has 1 heterocycles. The Balaban J connectivity index is 1.91. The first-order valence-corrected chi connectivity index (χ1v) is 9.41. The fourth-order valence-corrected chi connectivity index (χ4v) is 3.34. The summed E-state index contributed by atoms with van der Waals surface area (Å²) in [6, 6.07) is 16.1. The highest BCUT2D eigenvalue weighted by Crippen LogP contribution is 2.37. The number of carbonyl (C=O) groups excluding carboxylic acids is 1. The molecule has 5 nitrogen and oxygen atoms in total. The fraction of sp³-hybridized carbons (Fsp3) is 0.364. The second-order valence-corrected chi connectivity index (χ2v) is 6.83. The highest BCUT2D eigenvalue weighted by atomic mass is 16.5. The summed E-state index contributed by atoms with van der Waals surface area (Å²) in [5, 5.41) is 17.2. The number of hydrogen-bond donors (Lipinski definition) is 1. The van der Waals surface area contributed by atoms with E-state index in [9.17, 15) is 9.90 Å². The summed E-state index contributed by atoms with van der Waals surface area (Å²) in [5.41, 5.74) is 0.529. The lowest BCUT2D eigenvalue weighted by Crippen LogP contribution is -2.43. The number of ether oxygens (including phenoxy) is 1. The number of rotatable bonds is 7. The number of unbranched alkanes of at least 4 members (excludes halogenated alkanes) is 2. The lowest BCUT2D eigenvalue weighted by molar-refractivity contribution is -0.0765. The number of nitrogens with zero attached hydrogens (tertiary/aromatic N) is 2. The van der Waals surface area contributed by atoms with E-state index in [0.717, 1.165) is 31.4 Å². The third-order valence-corrected chi connectivity index (χ3v) is 4.88. The first-order valence-electron chi connectivity index (χ1n) is 9.41. The van der Waals surface area contributed by atoms with Crippen molar-refractivity contribution >= 4 is 11.6 Å². The Bertz CT molecular complexity index is 802. The molecule has 1 aliphatic rings. The van der Waals surface area contributed by atoms with Gasteiger partial charge in [-0.3, -0.25) is 4.79 Å². The molecule has 142 valence electrons. The van der Waals surface area contributed by atoms with Crippen LogP contribution in [0.25, 0.3) is 0 Å². The molecule has 2 aromatic carbocycles. The van der Waals surface area contributed by atoms with Gasteiger partial charge >= 0.3 is 0 Å². The van der Waals surface area contributed by atoms with Crippen LogP contribution in [0.5, 0.6) is 5.75 Å². The Morgan fingerprint density at radius 2 is 1.85 bits per heavy atom. The van der Waals surface area contributed by atoms with Crippen LogP contribution < -0.4 is 4.74 Å². The smallest absolute Gasteiger partial charge is 0.276 e. The monoisotopic (exact) mass is 366 g/mol. The van der Waals surface area contributed by atoms with Crippen LogP contribution in [0.15, 0.2) is 59.7 Å². The van der Waals surface area contributed by atoms with Crippen molar-refractivity contribution in [3.8, 4) is 5.75 Å². The summed E-state index contributed by atoms with van der Waals surface area (Å²) in [5.74, 6) is 0.351. The summed E-state index contributed by atoms with van der Waals surface area (Å²) in [4.78, 5) is 13.1. The van der Waals surface area contributed by atoms with Gasteiger partial charge in [-0.2, -0.15) is 10.1 Å². The van der Waals surface area contributed by atoms with Crippen LogP contribution in [-0.4, -0.2) is 28.8 Å². The average molecular weight is 366 g/mol. The van der Waals surface area contributed by atoms with Crippen molar-refractivity contribution in [2.45, 2.75) is 44.8 Å². The molecule has 1 atom stereocenters. The normalized spacial score (nSPS) is 19.1. The van der Waals surface area contributed by atoms with Crippen molar-refractivity contribution in [1.82, 2.24) is 5.01 Å². The SMILES string of the molecule is CCCCCC1=NN(C(=O)c2ccc(OC)cc2)C(O)(c2ccccc2)C1. The van der Waals surface area contributed by atoms with Crippen LogP contribution >= 0.6 is 0 Å². The van der Waals surface area contributed by atoms with Crippen LogP contribution in [0.3, 0.4) is 0 Å². The molecule has 0 spiro atoms. The van der Waals surface area contributed by atoms with E-state index in [-0.39, 0.29) is 5.91 Å². The Labute approximate surface area is 160 Å². The minimum Gasteiger partial charge on any atom is -0.497 e. The Hall–Kier alpha value is -2.66. The Kier molecular flexibility index (Phi) is 5.91. The maximum atomic E-state index is 13.1. The summed E-state index contributed by atoms with van der Waals surface area (Å²) in [6.07, 6.45) is 4.35. The summed E-state index contributed by atoms with van der Waals surface area (Å²) >= 11 is 0. The van der Waals surface area contributed by atoms with E-state index in [1.807, 2.05) is 30.3 Å².